The Hall–Kier alpha value is -3.82. The van der Waals surface area contributed by atoms with Gasteiger partial charge in [-0.2, -0.15) is 0 Å². The first-order valence-corrected chi connectivity index (χ1v) is 21.1. The molecule has 0 bridgehead atoms. The van der Waals surface area contributed by atoms with Crippen molar-refractivity contribution in [3.8, 4) is 0 Å². The Morgan fingerprint density at radius 3 is 0.600 bits per heavy atom. The Bertz CT molecular complexity index is 1360. The van der Waals surface area contributed by atoms with Crippen molar-refractivity contribution in [1.29, 1.82) is 0 Å². The van der Waals surface area contributed by atoms with Crippen LogP contribution in [0.25, 0.3) is 0 Å². The SMILES string of the molecule is c1ccc([PH](CCCCCCC[PH](c2ccccc2)(c2ccccc2)c2ccccc2)(c2ccccc2)c2ccccc2)cc1. The van der Waals surface area contributed by atoms with Crippen LogP contribution in [0.15, 0.2) is 182 Å². The quantitative estimate of drug-likeness (QED) is 0.0844. The Balaban J connectivity index is 1.19. The van der Waals surface area contributed by atoms with Gasteiger partial charge in [-0.25, -0.2) is 0 Å². The first-order chi connectivity index (χ1) is 22.3. The van der Waals surface area contributed by atoms with Crippen molar-refractivity contribution in [3.05, 3.63) is 182 Å². The molecule has 0 radical (unpaired) electrons. The van der Waals surface area contributed by atoms with Crippen molar-refractivity contribution >= 4 is 46.4 Å². The summed E-state index contributed by atoms with van der Waals surface area (Å²) in [5.74, 6) is 0. The van der Waals surface area contributed by atoms with Gasteiger partial charge in [0.25, 0.3) is 0 Å². The second kappa shape index (κ2) is 15.5. The first-order valence-electron chi connectivity index (χ1n) is 16.7. The fourth-order valence-electron chi connectivity index (χ4n) is 7.51. The van der Waals surface area contributed by atoms with Gasteiger partial charge in [0.05, 0.1) is 0 Å². The topological polar surface area (TPSA) is 0 Å². The predicted octanol–water partition coefficient (Wildman–Crippen LogP) is 8.39. The summed E-state index contributed by atoms with van der Waals surface area (Å²) < 4.78 is 0. The molecule has 6 rings (SSSR count). The van der Waals surface area contributed by atoms with E-state index in [-0.39, 0.29) is 0 Å². The van der Waals surface area contributed by atoms with Crippen LogP contribution < -0.4 is 31.8 Å². The second-order valence-corrected chi connectivity index (χ2v) is 20.4. The van der Waals surface area contributed by atoms with Crippen LogP contribution in [0.5, 0.6) is 0 Å². The second-order valence-electron chi connectivity index (χ2n) is 12.3. The third-order valence-electron chi connectivity index (χ3n) is 9.70. The molecule has 0 amide bonds. The third-order valence-corrected chi connectivity index (χ3v) is 19.8. The summed E-state index contributed by atoms with van der Waals surface area (Å²) >= 11 is 0. The van der Waals surface area contributed by atoms with Gasteiger partial charge in [0, 0.05) is 0 Å². The normalized spacial score (nSPS) is 12.4. The van der Waals surface area contributed by atoms with E-state index in [1.165, 1.54) is 76.3 Å². The summed E-state index contributed by atoms with van der Waals surface area (Å²) in [5, 5.41) is 9.12. The monoisotopic (exact) mass is 624 g/mol. The van der Waals surface area contributed by atoms with Gasteiger partial charge in [-0.05, 0) is 0 Å². The van der Waals surface area contributed by atoms with Crippen molar-refractivity contribution in [2.24, 2.45) is 0 Å². The Labute approximate surface area is 271 Å². The molecule has 0 aliphatic rings. The maximum atomic E-state index is 2.38. The Morgan fingerprint density at radius 2 is 0.400 bits per heavy atom. The van der Waals surface area contributed by atoms with E-state index in [4.69, 9.17) is 0 Å². The number of unbranched alkanes of at least 4 members (excludes halogenated alkanes) is 4. The van der Waals surface area contributed by atoms with Crippen molar-refractivity contribution in [2.75, 3.05) is 12.3 Å². The third kappa shape index (κ3) is 6.89. The van der Waals surface area contributed by atoms with Crippen LogP contribution in [0.1, 0.15) is 32.1 Å². The molecule has 0 spiro atoms. The number of hydrogen-bond donors (Lipinski definition) is 0. The van der Waals surface area contributed by atoms with Crippen LogP contribution in [0.2, 0.25) is 0 Å². The van der Waals surface area contributed by atoms with E-state index in [0.717, 1.165) is 0 Å². The van der Waals surface area contributed by atoms with Gasteiger partial charge in [-0.1, -0.05) is 0 Å². The van der Waals surface area contributed by atoms with Gasteiger partial charge in [0.1, 0.15) is 0 Å². The number of rotatable bonds is 14. The van der Waals surface area contributed by atoms with E-state index in [0.29, 0.717) is 0 Å². The summed E-state index contributed by atoms with van der Waals surface area (Å²) in [6, 6.07) is 68.2. The predicted molar refractivity (Wildman–Crippen MR) is 206 cm³/mol. The minimum absolute atomic E-state index is 1.24. The first kappa shape index (κ1) is 31.2. The number of hydrogen-bond acceptors (Lipinski definition) is 0. The van der Waals surface area contributed by atoms with Crippen LogP contribution in [0.4, 0.5) is 0 Å². The van der Waals surface area contributed by atoms with E-state index >= 15 is 0 Å². The molecule has 6 aromatic carbocycles. The molecule has 0 unspecified atom stereocenters. The zero-order valence-electron chi connectivity index (χ0n) is 26.3. The fraction of sp³-hybridized carbons (Fsp3) is 0.163. The Kier molecular flexibility index (Phi) is 10.7. The van der Waals surface area contributed by atoms with Crippen molar-refractivity contribution < 1.29 is 0 Å². The zero-order valence-corrected chi connectivity index (χ0v) is 28.3. The molecule has 6 aromatic rings. The molecule has 0 N–H and O–H groups in total. The molecule has 2 heteroatoms. The molecule has 0 nitrogen and oxygen atoms in total. The molecule has 0 aliphatic heterocycles. The van der Waals surface area contributed by atoms with Gasteiger partial charge in [-0.15, -0.1) is 0 Å². The van der Waals surface area contributed by atoms with E-state index in [2.05, 4.69) is 182 Å². The van der Waals surface area contributed by atoms with Gasteiger partial charge in [0.2, 0.25) is 0 Å². The molecule has 0 aromatic heterocycles. The Morgan fingerprint density at radius 1 is 0.222 bits per heavy atom. The van der Waals surface area contributed by atoms with Crippen molar-refractivity contribution in [3.63, 3.8) is 0 Å². The van der Waals surface area contributed by atoms with Crippen molar-refractivity contribution in [2.45, 2.75) is 32.1 Å². The van der Waals surface area contributed by atoms with Crippen LogP contribution in [-0.2, 0) is 0 Å². The number of benzene rings is 6. The van der Waals surface area contributed by atoms with Crippen LogP contribution in [0.3, 0.4) is 0 Å². The fourth-order valence-corrected chi connectivity index (χ4v) is 17.4. The summed E-state index contributed by atoms with van der Waals surface area (Å²) in [6.45, 7) is 0. The summed E-state index contributed by atoms with van der Waals surface area (Å²) in [4.78, 5) is 0. The van der Waals surface area contributed by atoms with Gasteiger partial charge in [0.15, 0.2) is 0 Å². The average Bonchev–Trinajstić information content (AvgIpc) is 3.13. The molecule has 45 heavy (non-hydrogen) atoms. The maximum absolute atomic E-state index is 2.38. The molecule has 0 saturated heterocycles. The van der Waals surface area contributed by atoms with Crippen LogP contribution in [-0.4, -0.2) is 12.3 Å². The summed E-state index contributed by atoms with van der Waals surface area (Å²) in [7, 11) is -4.30. The molecule has 0 saturated carbocycles. The molecular weight excluding hydrogens is 578 g/mol. The molecule has 0 atom stereocenters. The molecule has 0 heterocycles. The van der Waals surface area contributed by atoms with E-state index < -0.39 is 14.5 Å². The van der Waals surface area contributed by atoms with E-state index in [1.54, 1.807) is 0 Å². The van der Waals surface area contributed by atoms with Crippen molar-refractivity contribution in [1.82, 2.24) is 0 Å². The van der Waals surface area contributed by atoms with Gasteiger partial charge < -0.3 is 0 Å². The minimum atomic E-state index is -2.15. The van der Waals surface area contributed by atoms with E-state index in [9.17, 15) is 0 Å². The van der Waals surface area contributed by atoms with Crippen LogP contribution in [0, 0.1) is 0 Å². The van der Waals surface area contributed by atoms with E-state index in [1.807, 2.05) is 0 Å². The van der Waals surface area contributed by atoms with Crippen LogP contribution >= 0.6 is 14.5 Å². The zero-order chi connectivity index (χ0) is 30.6. The standard InChI is InChI=1S/C43H46P2/c1(2-22-36-44(38-24-10-4-11-25-38,39-26-12-5-13-27-39)40-28-14-6-15-29-40)3-23-37-45(41-30-16-7-17-31-41,42-32-18-8-19-33-42)43-34-20-9-21-35-43/h4-21,24-35,44-45H,1-3,22-23,36-37H2. The van der Waals surface area contributed by atoms with Gasteiger partial charge >= 0.3 is 273 Å². The summed E-state index contributed by atoms with van der Waals surface area (Å²) in [5.41, 5.74) is 0. The molecule has 0 aliphatic carbocycles. The molecule has 0 fully saturated rings. The summed E-state index contributed by atoms with van der Waals surface area (Å²) in [6.07, 6.45) is 8.82. The molecular formula is C43H46P2. The molecule has 228 valence electrons. The van der Waals surface area contributed by atoms with Gasteiger partial charge in [-0.3, -0.25) is 0 Å². The average molecular weight is 625 g/mol.